The Morgan fingerprint density at radius 1 is 1.35 bits per heavy atom. The summed E-state index contributed by atoms with van der Waals surface area (Å²) in [7, 11) is 3.27. The number of hydrogen-bond acceptors (Lipinski definition) is 3. The summed E-state index contributed by atoms with van der Waals surface area (Å²) in [6.45, 7) is -0.714. The Morgan fingerprint density at radius 3 is 2.65 bits per heavy atom. The van der Waals surface area contributed by atoms with Crippen LogP contribution in [0.15, 0.2) is 12.4 Å². The molecule has 23 heavy (non-hydrogen) atoms. The molecular weight excluding hydrogens is 313 g/mol. The van der Waals surface area contributed by atoms with Gasteiger partial charge in [0.25, 0.3) is 5.91 Å². The van der Waals surface area contributed by atoms with E-state index in [4.69, 9.17) is 0 Å². The van der Waals surface area contributed by atoms with E-state index in [-0.39, 0.29) is 18.1 Å². The topological polar surface area (TPSA) is 65.5 Å². The van der Waals surface area contributed by atoms with Crippen LogP contribution in [0.4, 0.5) is 18.0 Å². The van der Waals surface area contributed by atoms with Crippen molar-refractivity contribution in [3.8, 4) is 0 Å². The normalized spacial score (nSPS) is 14.2. The van der Waals surface area contributed by atoms with E-state index in [2.05, 4.69) is 4.98 Å². The second-order valence-electron chi connectivity index (χ2n) is 5.47. The molecule has 0 atom stereocenters. The molecule has 6 nitrogen and oxygen atoms in total. The molecule has 1 aromatic rings. The first-order valence-corrected chi connectivity index (χ1v) is 6.96. The first-order chi connectivity index (χ1) is 10.7. The summed E-state index contributed by atoms with van der Waals surface area (Å²) in [5, 5.41) is 1.85. The second-order valence-corrected chi connectivity index (χ2v) is 5.47. The minimum absolute atomic E-state index is 0.128. The van der Waals surface area contributed by atoms with Crippen LogP contribution in [0.5, 0.6) is 0 Å². The van der Waals surface area contributed by atoms with E-state index in [1.54, 1.807) is 19.0 Å². The number of nitrogens with one attached hydrogen (secondary N) is 1. The summed E-state index contributed by atoms with van der Waals surface area (Å²) in [4.78, 5) is 30.9. The van der Waals surface area contributed by atoms with Gasteiger partial charge in [0.1, 0.15) is 6.54 Å². The number of hydrogen-bond donors (Lipinski definition) is 1. The maximum atomic E-state index is 12.2. The lowest BCUT2D eigenvalue weighted by Crippen LogP contribution is -2.43. The molecule has 1 N–H and O–H groups in total. The molecule has 1 aliphatic heterocycles. The molecule has 2 heterocycles. The number of carbonyl (C=O) groups is 2. The van der Waals surface area contributed by atoms with Crippen molar-refractivity contribution < 1.29 is 22.8 Å². The Labute approximate surface area is 131 Å². The van der Waals surface area contributed by atoms with Gasteiger partial charge in [-0.25, -0.2) is 4.79 Å². The molecule has 0 aliphatic carbocycles. The summed E-state index contributed by atoms with van der Waals surface area (Å²) in [5.41, 5.74) is 1.44. The fourth-order valence-electron chi connectivity index (χ4n) is 2.41. The highest BCUT2D eigenvalue weighted by atomic mass is 19.4. The zero-order valence-corrected chi connectivity index (χ0v) is 12.8. The second kappa shape index (κ2) is 6.43. The predicted molar refractivity (Wildman–Crippen MR) is 75.8 cm³/mol. The van der Waals surface area contributed by atoms with Crippen molar-refractivity contribution in [2.75, 3.05) is 27.2 Å². The summed E-state index contributed by atoms with van der Waals surface area (Å²) in [6.07, 6.45) is -1.28. The van der Waals surface area contributed by atoms with Crippen molar-refractivity contribution in [2.45, 2.75) is 19.1 Å². The number of nitrogens with zero attached hydrogens (tertiary/aromatic N) is 3. The van der Waals surface area contributed by atoms with Crippen LogP contribution in [0.3, 0.4) is 0 Å². The van der Waals surface area contributed by atoms with Gasteiger partial charge in [0.2, 0.25) is 0 Å². The van der Waals surface area contributed by atoms with E-state index < -0.39 is 18.6 Å². The molecule has 9 heteroatoms. The quantitative estimate of drug-likeness (QED) is 0.892. The van der Waals surface area contributed by atoms with Crippen molar-refractivity contribution in [3.05, 3.63) is 29.1 Å². The van der Waals surface area contributed by atoms with E-state index in [0.29, 0.717) is 24.1 Å². The van der Waals surface area contributed by atoms with Gasteiger partial charge in [0.05, 0.1) is 5.56 Å². The molecule has 0 fully saturated rings. The summed E-state index contributed by atoms with van der Waals surface area (Å²) in [6, 6.07) is -0.164. The Bertz CT molecular complexity index is 617. The molecule has 3 amide bonds. The molecular formula is C14H17F3N4O2. The number of alkyl halides is 3. The minimum Gasteiger partial charge on any atom is -0.343 e. The van der Waals surface area contributed by atoms with Gasteiger partial charge < -0.3 is 15.1 Å². The average molecular weight is 330 g/mol. The molecule has 2 rings (SSSR count). The molecule has 0 unspecified atom stereocenters. The highest BCUT2D eigenvalue weighted by molar-refractivity contribution is 5.95. The number of aromatic nitrogens is 1. The zero-order chi connectivity index (χ0) is 17.2. The van der Waals surface area contributed by atoms with Crippen molar-refractivity contribution in [1.29, 1.82) is 0 Å². The van der Waals surface area contributed by atoms with E-state index in [9.17, 15) is 22.8 Å². The molecule has 0 saturated heterocycles. The van der Waals surface area contributed by atoms with E-state index in [1.165, 1.54) is 17.3 Å². The maximum absolute atomic E-state index is 12.2. The number of carbonyl (C=O) groups excluding carboxylic acids is 2. The van der Waals surface area contributed by atoms with E-state index >= 15 is 0 Å². The lowest BCUT2D eigenvalue weighted by molar-refractivity contribution is -0.123. The van der Waals surface area contributed by atoms with Crippen LogP contribution < -0.4 is 5.32 Å². The number of rotatable bonds is 2. The first kappa shape index (κ1) is 17.0. The summed E-state index contributed by atoms with van der Waals surface area (Å²) < 4.78 is 36.6. The van der Waals surface area contributed by atoms with Crippen LogP contribution in [-0.4, -0.2) is 60.1 Å². The highest BCUT2D eigenvalue weighted by Gasteiger charge is 2.30. The zero-order valence-electron chi connectivity index (χ0n) is 12.8. The number of fused-ring (bicyclic) bond motifs is 1. The molecule has 0 bridgehead atoms. The maximum Gasteiger partial charge on any atom is 0.405 e. The summed E-state index contributed by atoms with van der Waals surface area (Å²) >= 11 is 0. The predicted octanol–water partition coefficient (Wildman–Crippen LogP) is 1.41. The fraction of sp³-hybridized carbons (Fsp3) is 0.500. The van der Waals surface area contributed by atoms with Crippen LogP contribution in [-0.2, 0) is 13.0 Å². The molecule has 0 saturated carbocycles. The molecule has 1 aromatic heterocycles. The van der Waals surface area contributed by atoms with Crippen molar-refractivity contribution >= 4 is 11.9 Å². The highest BCUT2D eigenvalue weighted by Crippen LogP contribution is 2.22. The van der Waals surface area contributed by atoms with Crippen LogP contribution >= 0.6 is 0 Å². The first-order valence-electron chi connectivity index (χ1n) is 6.96. The number of urea groups is 1. The van der Waals surface area contributed by atoms with Crippen LogP contribution in [0.2, 0.25) is 0 Å². The van der Waals surface area contributed by atoms with Gasteiger partial charge in [0, 0.05) is 39.6 Å². The van der Waals surface area contributed by atoms with Gasteiger partial charge in [-0.05, 0) is 17.5 Å². The van der Waals surface area contributed by atoms with Crippen molar-refractivity contribution in [3.63, 3.8) is 0 Å². The van der Waals surface area contributed by atoms with Crippen LogP contribution in [0.1, 0.15) is 21.5 Å². The summed E-state index contributed by atoms with van der Waals surface area (Å²) in [5.74, 6) is -0.806. The van der Waals surface area contributed by atoms with Gasteiger partial charge >= 0.3 is 12.2 Å². The third-order valence-electron chi connectivity index (χ3n) is 3.49. The average Bonchev–Trinajstić information content (AvgIpc) is 2.49. The largest absolute Gasteiger partial charge is 0.405 e. The lowest BCUT2D eigenvalue weighted by atomic mass is 9.97. The molecule has 0 spiro atoms. The Kier molecular flexibility index (Phi) is 4.76. The number of amides is 3. The minimum atomic E-state index is -4.47. The van der Waals surface area contributed by atoms with E-state index in [0.717, 1.165) is 0 Å². The number of pyridine rings is 1. The van der Waals surface area contributed by atoms with Gasteiger partial charge in [-0.3, -0.25) is 9.78 Å². The van der Waals surface area contributed by atoms with Crippen LogP contribution in [0, 0.1) is 0 Å². The Morgan fingerprint density at radius 2 is 2.04 bits per heavy atom. The molecule has 0 aromatic carbocycles. The van der Waals surface area contributed by atoms with Crippen LogP contribution in [0.25, 0.3) is 0 Å². The van der Waals surface area contributed by atoms with Crippen molar-refractivity contribution in [2.24, 2.45) is 0 Å². The van der Waals surface area contributed by atoms with Gasteiger partial charge in [0.15, 0.2) is 0 Å². The van der Waals surface area contributed by atoms with Gasteiger partial charge in [-0.2, -0.15) is 13.2 Å². The SMILES string of the molecule is CN(C)C(=O)N1CCc2c(cncc2C(=O)NCC(F)(F)F)C1. The third kappa shape index (κ3) is 4.11. The Balaban J connectivity index is 2.16. The van der Waals surface area contributed by atoms with Crippen molar-refractivity contribution in [1.82, 2.24) is 20.1 Å². The Hall–Kier alpha value is -2.32. The van der Waals surface area contributed by atoms with E-state index in [1.807, 2.05) is 5.32 Å². The molecule has 1 aliphatic rings. The molecule has 126 valence electrons. The third-order valence-corrected chi connectivity index (χ3v) is 3.49. The standard InChI is InChI=1S/C14H17F3N4O2/c1-20(2)13(23)21-4-3-10-9(7-21)5-18-6-11(10)12(22)19-8-14(15,16)17/h5-6H,3-4,7-8H2,1-2H3,(H,19,22). The van der Waals surface area contributed by atoms with Gasteiger partial charge in [-0.1, -0.05) is 0 Å². The monoisotopic (exact) mass is 330 g/mol. The number of halogens is 3. The smallest absolute Gasteiger partial charge is 0.343 e. The van der Waals surface area contributed by atoms with Gasteiger partial charge in [-0.15, -0.1) is 0 Å². The fourth-order valence-corrected chi connectivity index (χ4v) is 2.41. The lowest BCUT2D eigenvalue weighted by Gasteiger charge is -2.31. The molecule has 0 radical (unpaired) electrons.